The van der Waals surface area contributed by atoms with Crippen molar-refractivity contribution in [2.24, 2.45) is 4.99 Å². The van der Waals surface area contributed by atoms with E-state index < -0.39 is 0 Å². The molecule has 0 radical (unpaired) electrons. The molecule has 0 bridgehead atoms. The highest BCUT2D eigenvalue weighted by molar-refractivity contribution is 6.40. The van der Waals surface area contributed by atoms with Crippen molar-refractivity contribution < 1.29 is 0 Å². The van der Waals surface area contributed by atoms with Gasteiger partial charge in [0.2, 0.25) is 0 Å². The zero-order valence-electron chi connectivity index (χ0n) is 14.6. The summed E-state index contributed by atoms with van der Waals surface area (Å²) in [5.41, 5.74) is 3.85. The minimum absolute atomic E-state index is 0.0288. The molecule has 1 spiro atoms. The predicted molar refractivity (Wildman–Crippen MR) is 105 cm³/mol. The van der Waals surface area contributed by atoms with Crippen molar-refractivity contribution in [2.75, 3.05) is 13.6 Å². The summed E-state index contributed by atoms with van der Waals surface area (Å²) >= 11 is 13.5. The van der Waals surface area contributed by atoms with Gasteiger partial charge in [0.1, 0.15) is 11.5 Å². The monoisotopic (exact) mass is 389 g/mol. The van der Waals surface area contributed by atoms with E-state index in [1.165, 1.54) is 18.4 Å². The van der Waals surface area contributed by atoms with E-state index in [0.29, 0.717) is 21.8 Å². The molecule has 1 saturated heterocycles. The third-order valence-corrected chi connectivity index (χ3v) is 6.75. The zero-order chi connectivity index (χ0) is 17.9. The van der Waals surface area contributed by atoms with Gasteiger partial charge in [-0.15, -0.1) is 0 Å². The number of rotatable bonds is 2. The molecule has 1 atom stereocenters. The van der Waals surface area contributed by atoms with E-state index in [1.807, 2.05) is 25.5 Å². The smallest absolute Gasteiger partial charge is 0.113 e. The number of benzene rings is 1. The first kappa shape index (κ1) is 16.6. The highest BCUT2D eigenvalue weighted by Gasteiger charge is 2.49. The zero-order valence-corrected chi connectivity index (χ0v) is 16.2. The second-order valence-electron chi connectivity index (χ2n) is 7.43. The van der Waals surface area contributed by atoms with Gasteiger partial charge in [-0.3, -0.25) is 0 Å². The highest BCUT2D eigenvalue weighted by Crippen LogP contribution is 2.56. The van der Waals surface area contributed by atoms with Gasteiger partial charge in [-0.2, -0.15) is 5.10 Å². The average molecular weight is 390 g/mol. The summed E-state index contributed by atoms with van der Waals surface area (Å²) in [6.07, 6.45) is 9.64. The number of amidine groups is 1. The number of nitrogens with zero attached hydrogens (tertiary/aromatic N) is 3. The fourth-order valence-corrected chi connectivity index (χ4v) is 5.24. The maximum Gasteiger partial charge on any atom is 0.113 e. The number of fused-ring (bicyclic) bond motifs is 2. The van der Waals surface area contributed by atoms with E-state index in [0.717, 1.165) is 42.9 Å². The molecule has 7 heteroatoms. The summed E-state index contributed by atoms with van der Waals surface area (Å²) in [5.74, 6) is 1.00. The molecule has 136 valence electrons. The van der Waals surface area contributed by atoms with Crippen molar-refractivity contribution in [3.05, 3.63) is 39.6 Å². The Kier molecular flexibility index (Phi) is 3.82. The first-order valence-corrected chi connectivity index (χ1v) is 9.97. The molecule has 2 N–H and O–H groups in total. The molecule has 2 aromatic rings. The fourth-order valence-electron chi connectivity index (χ4n) is 4.57. The van der Waals surface area contributed by atoms with E-state index in [9.17, 15) is 0 Å². The molecule has 26 heavy (non-hydrogen) atoms. The van der Waals surface area contributed by atoms with Gasteiger partial charge >= 0.3 is 0 Å². The number of nitrogens with one attached hydrogen (secondary N) is 2. The standard InChI is InChI=1S/C19H21Cl2N5/c1-22-18-19(5-3-6-19)12-8-13(20)17(15(21)16(12)25-18)26-10-11(9-24-26)14-4-2-7-23-14/h8-10,14,23H,2-7H2,1H3,(H,22,25)/t14-/m0/s1. The van der Waals surface area contributed by atoms with E-state index in [4.69, 9.17) is 28.2 Å². The van der Waals surface area contributed by atoms with Crippen LogP contribution in [0.15, 0.2) is 23.5 Å². The van der Waals surface area contributed by atoms with E-state index in [-0.39, 0.29) is 5.41 Å². The van der Waals surface area contributed by atoms with Crippen LogP contribution >= 0.6 is 23.2 Å². The Balaban J connectivity index is 1.60. The molecule has 0 unspecified atom stereocenters. The maximum absolute atomic E-state index is 6.80. The summed E-state index contributed by atoms with van der Waals surface area (Å²) in [6, 6.07) is 2.41. The molecule has 2 fully saturated rings. The van der Waals surface area contributed by atoms with Crippen LogP contribution in [-0.4, -0.2) is 29.2 Å². The molecule has 5 rings (SSSR count). The lowest BCUT2D eigenvalue weighted by Crippen LogP contribution is -2.45. The van der Waals surface area contributed by atoms with Crippen molar-refractivity contribution in [3.63, 3.8) is 0 Å². The largest absolute Gasteiger partial charge is 0.376 e. The summed E-state index contributed by atoms with van der Waals surface area (Å²) in [6.45, 7) is 1.06. The lowest BCUT2D eigenvalue weighted by atomic mass is 9.64. The molecule has 5 nitrogen and oxygen atoms in total. The number of aromatic nitrogens is 2. The van der Waals surface area contributed by atoms with Crippen molar-refractivity contribution >= 4 is 34.7 Å². The van der Waals surface area contributed by atoms with Crippen molar-refractivity contribution in [2.45, 2.75) is 43.6 Å². The molecular formula is C19H21Cl2N5. The van der Waals surface area contributed by atoms with E-state index >= 15 is 0 Å². The lowest BCUT2D eigenvalue weighted by molar-refractivity contribution is 0.341. The molecule has 1 saturated carbocycles. The number of hydrogen-bond acceptors (Lipinski definition) is 4. The maximum atomic E-state index is 6.80. The Labute approximate surface area is 162 Å². The van der Waals surface area contributed by atoms with Crippen LogP contribution in [0, 0.1) is 0 Å². The second kappa shape index (κ2) is 5.98. The Bertz CT molecular complexity index is 907. The van der Waals surface area contributed by atoms with Gasteiger partial charge in [-0.25, -0.2) is 9.67 Å². The van der Waals surface area contributed by atoms with Gasteiger partial charge in [-0.1, -0.05) is 29.6 Å². The molecule has 0 amide bonds. The highest BCUT2D eigenvalue weighted by atomic mass is 35.5. The third kappa shape index (κ3) is 2.20. The van der Waals surface area contributed by atoms with Crippen LogP contribution in [-0.2, 0) is 5.41 Å². The lowest BCUT2D eigenvalue weighted by Gasteiger charge is -2.40. The van der Waals surface area contributed by atoms with Crippen LogP contribution in [0.2, 0.25) is 10.0 Å². The van der Waals surface area contributed by atoms with Crippen LogP contribution in [0.4, 0.5) is 5.69 Å². The van der Waals surface area contributed by atoms with Gasteiger partial charge in [0.25, 0.3) is 0 Å². The van der Waals surface area contributed by atoms with Gasteiger partial charge < -0.3 is 10.6 Å². The number of halogens is 2. The molecule has 1 aromatic carbocycles. The number of hydrogen-bond donors (Lipinski definition) is 2. The van der Waals surface area contributed by atoms with Crippen LogP contribution < -0.4 is 10.6 Å². The molecule has 3 aliphatic rings. The summed E-state index contributed by atoms with van der Waals surface area (Å²) < 4.78 is 1.79. The van der Waals surface area contributed by atoms with Crippen LogP contribution in [0.5, 0.6) is 0 Å². The summed E-state index contributed by atoms with van der Waals surface area (Å²) in [4.78, 5) is 4.82. The normalized spacial score (nSPS) is 23.0. The predicted octanol–water partition coefficient (Wildman–Crippen LogP) is 4.29. The van der Waals surface area contributed by atoms with Crippen molar-refractivity contribution in [1.82, 2.24) is 20.4 Å². The van der Waals surface area contributed by atoms with Crippen LogP contribution in [0.3, 0.4) is 0 Å². The minimum Gasteiger partial charge on any atom is -0.376 e. The molecule has 2 aliphatic heterocycles. The van der Waals surface area contributed by atoms with E-state index in [2.05, 4.69) is 15.7 Å². The topological polar surface area (TPSA) is 54.2 Å². The molecule has 1 aliphatic carbocycles. The summed E-state index contributed by atoms with van der Waals surface area (Å²) in [5, 5.41) is 12.5. The summed E-state index contributed by atoms with van der Waals surface area (Å²) in [7, 11) is 1.93. The Morgan fingerprint density at radius 1 is 1.31 bits per heavy atom. The van der Waals surface area contributed by atoms with E-state index in [1.54, 1.807) is 4.68 Å². The second-order valence-corrected chi connectivity index (χ2v) is 8.22. The Morgan fingerprint density at radius 3 is 2.81 bits per heavy atom. The first-order valence-electron chi connectivity index (χ1n) is 9.22. The SMILES string of the molecule is CNC1=Nc2c(cc(Cl)c(-n3cc([C@@H]4CCCN4)cn3)c2Cl)C12CCC2. The quantitative estimate of drug-likeness (QED) is 0.805. The van der Waals surface area contributed by atoms with Crippen molar-refractivity contribution in [3.8, 4) is 5.69 Å². The average Bonchev–Trinajstić information content (AvgIpc) is 3.31. The van der Waals surface area contributed by atoms with Crippen LogP contribution in [0.25, 0.3) is 5.69 Å². The number of likely N-dealkylation sites (N-methyl/N-ethyl adjacent to an activating group) is 1. The Morgan fingerprint density at radius 2 is 2.15 bits per heavy atom. The first-order chi connectivity index (χ1) is 12.6. The fraction of sp³-hybridized carbons (Fsp3) is 0.474. The van der Waals surface area contributed by atoms with Gasteiger partial charge in [0.15, 0.2) is 0 Å². The number of aliphatic imine (C=N–C) groups is 1. The molecule has 3 heterocycles. The molecule has 1 aromatic heterocycles. The van der Waals surface area contributed by atoms with Gasteiger partial charge in [0.05, 0.1) is 27.3 Å². The van der Waals surface area contributed by atoms with Crippen LogP contribution in [0.1, 0.15) is 49.3 Å². The van der Waals surface area contributed by atoms with Gasteiger partial charge in [-0.05, 0) is 43.9 Å². The molecular weight excluding hydrogens is 369 g/mol. The Hall–Kier alpha value is -1.56. The van der Waals surface area contributed by atoms with Crippen molar-refractivity contribution in [1.29, 1.82) is 0 Å². The third-order valence-electron chi connectivity index (χ3n) is 6.10. The minimum atomic E-state index is -0.0288. The van der Waals surface area contributed by atoms with Gasteiger partial charge in [0, 0.05) is 24.8 Å².